The Morgan fingerprint density at radius 2 is 2.19 bits per heavy atom. The topological polar surface area (TPSA) is 113 Å². The lowest BCUT2D eigenvalue weighted by atomic mass is 9.76. The van der Waals surface area contributed by atoms with Gasteiger partial charge < -0.3 is 25.9 Å². The van der Waals surface area contributed by atoms with Crippen LogP contribution < -0.4 is 15.8 Å². The van der Waals surface area contributed by atoms with Crippen molar-refractivity contribution < 1.29 is 14.6 Å². The van der Waals surface area contributed by atoms with E-state index in [4.69, 9.17) is 22.7 Å². The summed E-state index contributed by atoms with van der Waals surface area (Å²) in [5, 5.41) is 13.2. The highest BCUT2D eigenvalue weighted by molar-refractivity contribution is 7.71. The van der Waals surface area contributed by atoms with Gasteiger partial charge in [-0.1, -0.05) is 6.07 Å². The number of aromatic hydroxyl groups is 1. The molecule has 2 heterocycles. The minimum Gasteiger partial charge on any atom is -0.504 e. The van der Waals surface area contributed by atoms with E-state index in [1.807, 2.05) is 0 Å². The summed E-state index contributed by atoms with van der Waals surface area (Å²) in [6.45, 7) is 0. The summed E-state index contributed by atoms with van der Waals surface area (Å²) < 4.78 is 5.52. The number of allylic oxidation sites excluding steroid dienone is 2. The Hall–Kier alpha value is -2.87. The second-order valence-electron chi connectivity index (χ2n) is 6.38. The van der Waals surface area contributed by atoms with Crippen molar-refractivity contribution in [3.05, 3.63) is 45.4 Å². The normalized spacial score (nSPS) is 18.8. The first-order valence-electron chi connectivity index (χ1n) is 8.29. The Morgan fingerprint density at radius 3 is 2.96 bits per heavy atom. The van der Waals surface area contributed by atoms with E-state index in [1.165, 1.54) is 7.11 Å². The molecule has 134 valence electrons. The Labute approximate surface area is 154 Å². The van der Waals surface area contributed by atoms with Crippen molar-refractivity contribution in [2.45, 2.75) is 25.2 Å². The van der Waals surface area contributed by atoms with Crippen LogP contribution >= 0.6 is 12.2 Å². The van der Waals surface area contributed by atoms with Gasteiger partial charge in [0.05, 0.1) is 7.11 Å². The van der Waals surface area contributed by atoms with Gasteiger partial charge in [0.15, 0.2) is 22.1 Å². The summed E-state index contributed by atoms with van der Waals surface area (Å²) in [4.78, 5) is 20.0. The Bertz CT molecular complexity index is 1010. The van der Waals surface area contributed by atoms with Crippen LogP contribution in [0.25, 0.3) is 0 Å². The lowest BCUT2D eigenvalue weighted by molar-refractivity contribution is -0.116. The number of nitrogens with two attached hydrogens (primary N) is 1. The van der Waals surface area contributed by atoms with Crippen molar-refractivity contribution >= 4 is 29.6 Å². The lowest BCUT2D eigenvalue weighted by Crippen LogP contribution is -2.28. The number of anilines is 2. The largest absolute Gasteiger partial charge is 0.504 e. The summed E-state index contributed by atoms with van der Waals surface area (Å²) in [7, 11) is 1.48. The molecule has 7 nitrogen and oxygen atoms in total. The summed E-state index contributed by atoms with van der Waals surface area (Å²) in [5.74, 6) is 0.994. The number of benzene rings is 1. The summed E-state index contributed by atoms with van der Waals surface area (Å²) in [5.41, 5.74) is 9.25. The first-order valence-corrected chi connectivity index (χ1v) is 8.70. The van der Waals surface area contributed by atoms with Gasteiger partial charge >= 0.3 is 0 Å². The van der Waals surface area contributed by atoms with E-state index in [0.717, 1.165) is 24.1 Å². The van der Waals surface area contributed by atoms with Crippen molar-refractivity contribution in [2.24, 2.45) is 0 Å². The van der Waals surface area contributed by atoms with Crippen LogP contribution in [-0.2, 0) is 4.79 Å². The number of aromatic nitrogens is 2. The number of fused-ring (bicyclic) bond motifs is 1. The van der Waals surface area contributed by atoms with E-state index < -0.39 is 5.92 Å². The van der Waals surface area contributed by atoms with Gasteiger partial charge in [-0.05, 0) is 42.8 Å². The molecule has 0 radical (unpaired) electrons. The number of carbonyl (C=O) groups is 1. The maximum absolute atomic E-state index is 12.8. The molecule has 5 N–H and O–H groups in total. The number of aromatic amines is 1. The predicted molar refractivity (Wildman–Crippen MR) is 99.8 cm³/mol. The fourth-order valence-corrected chi connectivity index (χ4v) is 3.91. The SMILES string of the molecule is COc1cc(C2C3=C(CCCC3=O)Nc3nc(=S)[nH]c(N)c32)ccc1O. The smallest absolute Gasteiger partial charge is 0.200 e. The molecule has 1 unspecified atom stereocenters. The second-order valence-corrected chi connectivity index (χ2v) is 6.76. The van der Waals surface area contributed by atoms with Crippen LogP contribution in [0.15, 0.2) is 29.5 Å². The Morgan fingerprint density at radius 1 is 1.38 bits per heavy atom. The predicted octanol–water partition coefficient (Wildman–Crippen LogP) is 3.00. The third-order valence-electron chi connectivity index (χ3n) is 4.84. The van der Waals surface area contributed by atoms with Crippen LogP contribution in [-0.4, -0.2) is 28.0 Å². The molecule has 1 aromatic heterocycles. The Balaban J connectivity index is 1.99. The molecule has 0 amide bonds. The van der Waals surface area contributed by atoms with E-state index in [9.17, 15) is 9.90 Å². The zero-order chi connectivity index (χ0) is 18.4. The zero-order valence-electron chi connectivity index (χ0n) is 14.1. The molecule has 8 heteroatoms. The molecule has 0 saturated carbocycles. The molecule has 2 aliphatic rings. The van der Waals surface area contributed by atoms with E-state index in [0.29, 0.717) is 34.9 Å². The molecule has 0 saturated heterocycles. The molecule has 4 rings (SSSR count). The van der Waals surface area contributed by atoms with Gasteiger partial charge in [0.1, 0.15) is 11.6 Å². The maximum Gasteiger partial charge on any atom is 0.200 e. The van der Waals surface area contributed by atoms with Gasteiger partial charge in [-0.15, -0.1) is 0 Å². The third-order valence-corrected chi connectivity index (χ3v) is 5.03. The van der Waals surface area contributed by atoms with Crippen molar-refractivity contribution in [3.8, 4) is 11.5 Å². The van der Waals surface area contributed by atoms with Crippen LogP contribution in [0.4, 0.5) is 11.6 Å². The number of Topliss-reactive ketones (excluding diaryl/α,β-unsaturated/α-hetero) is 1. The van der Waals surface area contributed by atoms with Crippen LogP contribution in [0.2, 0.25) is 0 Å². The number of phenolic OH excluding ortho intramolecular Hbond substituents is 1. The first-order chi connectivity index (χ1) is 12.5. The highest BCUT2D eigenvalue weighted by Crippen LogP contribution is 2.47. The number of H-pyrrole nitrogens is 1. The average molecular weight is 370 g/mol. The number of nitrogens with zero attached hydrogens (tertiary/aromatic N) is 1. The van der Waals surface area contributed by atoms with Crippen LogP contribution in [0.5, 0.6) is 11.5 Å². The van der Waals surface area contributed by atoms with Crippen molar-refractivity contribution in [3.63, 3.8) is 0 Å². The van der Waals surface area contributed by atoms with Gasteiger partial charge in [-0.2, -0.15) is 0 Å². The number of nitrogen functional groups attached to an aromatic ring is 1. The van der Waals surface area contributed by atoms with Gasteiger partial charge in [0, 0.05) is 29.2 Å². The molecule has 1 aliphatic heterocycles. The van der Waals surface area contributed by atoms with Crippen molar-refractivity contribution in [1.29, 1.82) is 0 Å². The quantitative estimate of drug-likeness (QED) is 0.601. The summed E-state index contributed by atoms with van der Waals surface area (Å²) in [6.07, 6.45) is 2.05. The number of ether oxygens (including phenoxy) is 1. The molecular formula is C18H18N4O3S. The first kappa shape index (κ1) is 16.6. The Kier molecular flexibility index (Phi) is 3.91. The third kappa shape index (κ3) is 2.53. The van der Waals surface area contributed by atoms with Crippen molar-refractivity contribution in [1.82, 2.24) is 9.97 Å². The summed E-state index contributed by atoms with van der Waals surface area (Å²) >= 11 is 5.14. The highest BCUT2D eigenvalue weighted by Gasteiger charge is 2.37. The molecule has 26 heavy (non-hydrogen) atoms. The van der Waals surface area contributed by atoms with Crippen LogP contribution in [0, 0.1) is 4.77 Å². The number of phenols is 1. The van der Waals surface area contributed by atoms with Crippen molar-refractivity contribution in [2.75, 3.05) is 18.2 Å². The van der Waals surface area contributed by atoms with Gasteiger partial charge in [-0.25, -0.2) is 4.98 Å². The fourth-order valence-electron chi connectivity index (χ4n) is 3.71. The second kappa shape index (κ2) is 6.14. The minimum absolute atomic E-state index is 0.0353. The lowest BCUT2D eigenvalue weighted by Gasteiger charge is -2.33. The fraction of sp³-hybridized carbons (Fsp3) is 0.278. The molecule has 2 aromatic rings. The number of nitrogens with one attached hydrogen (secondary N) is 2. The number of ketones is 1. The average Bonchev–Trinajstić information content (AvgIpc) is 2.60. The molecule has 0 fully saturated rings. The van der Waals surface area contributed by atoms with E-state index in [1.54, 1.807) is 18.2 Å². The molecule has 1 aliphatic carbocycles. The number of hydrogen-bond donors (Lipinski definition) is 4. The minimum atomic E-state index is -0.400. The van der Waals surface area contributed by atoms with Gasteiger partial charge in [0.25, 0.3) is 0 Å². The number of methoxy groups -OCH3 is 1. The number of carbonyl (C=O) groups excluding carboxylic acids is 1. The molecule has 0 spiro atoms. The van der Waals surface area contributed by atoms with Gasteiger partial charge in [0.2, 0.25) is 0 Å². The van der Waals surface area contributed by atoms with E-state index >= 15 is 0 Å². The van der Waals surface area contributed by atoms with Gasteiger partial charge in [-0.3, -0.25) is 4.79 Å². The molecular weight excluding hydrogens is 352 g/mol. The zero-order valence-corrected chi connectivity index (χ0v) is 14.9. The number of rotatable bonds is 2. The monoisotopic (exact) mass is 370 g/mol. The standard InChI is InChI=1S/C18H18N4O3S/c1-25-12-7-8(5-6-10(12)23)13-14-9(3-2-4-11(14)24)20-17-15(13)16(19)21-18(26)22-17/h5-7,13,23H,2-4H2,1H3,(H4,19,20,21,22,26). The summed E-state index contributed by atoms with van der Waals surface area (Å²) in [6, 6.07) is 5.05. The maximum atomic E-state index is 12.8. The molecule has 0 bridgehead atoms. The molecule has 1 aromatic carbocycles. The molecule has 1 atom stereocenters. The van der Waals surface area contributed by atoms with Crippen LogP contribution in [0.3, 0.4) is 0 Å². The number of hydrogen-bond acceptors (Lipinski definition) is 7. The van der Waals surface area contributed by atoms with Crippen LogP contribution in [0.1, 0.15) is 36.3 Å². The highest BCUT2D eigenvalue weighted by atomic mass is 32.1. The van der Waals surface area contributed by atoms with E-state index in [2.05, 4.69) is 15.3 Å². The van der Waals surface area contributed by atoms with E-state index in [-0.39, 0.29) is 16.3 Å².